The lowest BCUT2D eigenvalue weighted by molar-refractivity contribution is 0.0922. The second-order valence-corrected chi connectivity index (χ2v) is 5.83. The lowest BCUT2D eigenvalue weighted by atomic mass is 10.2. The van der Waals surface area contributed by atoms with Crippen molar-refractivity contribution in [2.45, 2.75) is 23.6 Å². The second-order valence-electron chi connectivity index (χ2n) is 4.78. The molecule has 2 rings (SSSR count). The number of nitrogens with one attached hydrogen (secondary N) is 2. The molecule has 0 saturated carbocycles. The number of carbonyl (C=O) groups excluding carboxylic acids is 1. The Morgan fingerprint density at radius 1 is 1.29 bits per heavy atom. The van der Waals surface area contributed by atoms with Gasteiger partial charge in [-0.15, -0.1) is 11.8 Å². The molecule has 1 atom stereocenters. The summed E-state index contributed by atoms with van der Waals surface area (Å²) in [6.07, 6.45) is 1.57. The van der Waals surface area contributed by atoms with E-state index in [0.29, 0.717) is 18.1 Å². The Morgan fingerprint density at radius 3 is 2.76 bits per heavy atom. The number of thioether (sulfide) groups is 1. The van der Waals surface area contributed by atoms with Crippen LogP contribution in [-0.2, 0) is 5.75 Å². The van der Waals surface area contributed by atoms with Gasteiger partial charge in [0, 0.05) is 28.8 Å². The van der Waals surface area contributed by atoms with Gasteiger partial charge in [-0.3, -0.25) is 4.79 Å². The second kappa shape index (κ2) is 7.90. The van der Waals surface area contributed by atoms with Gasteiger partial charge in [-0.05, 0) is 32.2 Å². The van der Waals surface area contributed by atoms with Gasteiger partial charge in [-0.2, -0.15) is 0 Å². The van der Waals surface area contributed by atoms with E-state index in [2.05, 4.69) is 22.8 Å². The Kier molecular flexibility index (Phi) is 5.90. The third-order valence-electron chi connectivity index (χ3n) is 3.15. The molecular weight excluding hydrogens is 284 g/mol. The number of likely N-dealkylation sites (N-methyl/N-ethyl adjacent to an activating group) is 1. The summed E-state index contributed by atoms with van der Waals surface area (Å²) in [5.74, 6) is 0.956. The van der Waals surface area contributed by atoms with Crippen molar-refractivity contribution in [3.8, 4) is 0 Å². The molecule has 1 unspecified atom stereocenters. The number of hydrogen-bond acceptors (Lipinski definition) is 4. The van der Waals surface area contributed by atoms with Crippen LogP contribution >= 0.6 is 11.8 Å². The highest BCUT2D eigenvalue weighted by Gasteiger charge is 2.15. The predicted molar refractivity (Wildman–Crippen MR) is 85.6 cm³/mol. The summed E-state index contributed by atoms with van der Waals surface area (Å²) in [5, 5.41) is 5.95. The highest BCUT2D eigenvalue weighted by molar-refractivity contribution is 7.98. The minimum absolute atomic E-state index is 0.161. The molecule has 0 aliphatic heterocycles. The topological polar surface area (TPSA) is 54.3 Å². The lowest BCUT2D eigenvalue weighted by Crippen LogP contribution is -2.37. The van der Waals surface area contributed by atoms with E-state index in [9.17, 15) is 4.79 Å². The zero-order chi connectivity index (χ0) is 15.1. The van der Waals surface area contributed by atoms with E-state index >= 15 is 0 Å². The van der Waals surface area contributed by atoms with Gasteiger partial charge in [0.2, 0.25) is 0 Å². The van der Waals surface area contributed by atoms with Gasteiger partial charge in [-0.1, -0.05) is 18.2 Å². The van der Waals surface area contributed by atoms with Gasteiger partial charge in [-0.25, -0.2) is 0 Å². The molecule has 0 aliphatic carbocycles. The number of furan rings is 1. The molecule has 2 aromatic rings. The zero-order valence-electron chi connectivity index (χ0n) is 12.3. The average Bonchev–Trinajstić information content (AvgIpc) is 2.99. The Bertz CT molecular complexity index is 569. The lowest BCUT2D eigenvalue weighted by Gasteiger charge is -2.11. The summed E-state index contributed by atoms with van der Waals surface area (Å²) in [7, 11) is 1.87. The van der Waals surface area contributed by atoms with Crippen LogP contribution in [0.4, 0.5) is 0 Å². The number of carbonyl (C=O) groups is 1. The van der Waals surface area contributed by atoms with E-state index in [1.165, 1.54) is 4.90 Å². The van der Waals surface area contributed by atoms with Gasteiger partial charge < -0.3 is 15.1 Å². The molecule has 4 nitrogen and oxygen atoms in total. The molecule has 5 heteroatoms. The van der Waals surface area contributed by atoms with Gasteiger partial charge in [0.1, 0.15) is 0 Å². The fraction of sp³-hybridized carbons (Fsp3) is 0.312. The zero-order valence-corrected chi connectivity index (χ0v) is 13.1. The number of benzene rings is 1. The quantitative estimate of drug-likeness (QED) is 0.772. The first kappa shape index (κ1) is 15.7. The van der Waals surface area contributed by atoms with Crippen LogP contribution in [0.5, 0.6) is 0 Å². The molecule has 0 fully saturated rings. The van der Waals surface area contributed by atoms with E-state index in [1.54, 1.807) is 18.0 Å². The molecule has 1 heterocycles. The van der Waals surface area contributed by atoms with E-state index in [1.807, 2.05) is 38.2 Å². The standard InChI is InChI=1S/C16H20N2O2S/c1-12(17-2)10-18-16(19)15-13(8-9-20-15)11-21-14-6-4-3-5-7-14/h3-9,12,17H,10-11H2,1-2H3,(H,18,19). The number of amides is 1. The Labute approximate surface area is 129 Å². The molecule has 21 heavy (non-hydrogen) atoms. The first-order chi connectivity index (χ1) is 10.2. The summed E-state index contributed by atoms with van der Waals surface area (Å²) in [5.41, 5.74) is 0.915. The van der Waals surface area contributed by atoms with Crippen molar-refractivity contribution in [1.29, 1.82) is 0 Å². The van der Waals surface area contributed by atoms with Gasteiger partial charge in [0.15, 0.2) is 5.76 Å². The van der Waals surface area contributed by atoms with Crippen LogP contribution in [0.3, 0.4) is 0 Å². The van der Waals surface area contributed by atoms with Crippen LogP contribution in [0.25, 0.3) is 0 Å². The molecule has 1 aromatic heterocycles. The third kappa shape index (κ3) is 4.65. The molecule has 2 N–H and O–H groups in total. The van der Waals surface area contributed by atoms with Crippen molar-refractivity contribution in [3.63, 3.8) is 0 Å². The molecular formula is C16H20N2O2S. The van der Waals surface area contributed by atoms with Crippen molar-refractivity contribution in [2.75, 3.05) is 13.6 Å². The van der Waals surface area contributed by atoms with Crippen LogP contribution in [0.2, 0.25) is 0 Å². The normalized spacial score (nSPS) is 12.1. The van der Waals surface area contributed by atoms with Crippen LogP contribution in [0, 0.1) is 0 Å². The Balaban J connectivity index is 1.93. The van der Waals surface area contributed by atoms with Crippen LogP contribution in [0.1, 0.15) is 23.0 Å². The minimum atomic E-state index is -0.161. The van der Waals surface area contributed by atoms with E-state index in [0.717, 1.165) is 5.56 Å². The minimum Gasteiger partial charge on any atom is -0.459 e. The highest BCUT2D eigenvalue weighted by Crippen LogP contribution is 2.24. The SMILES string of the molecule is CNC(C)CNC(=O)c1occc1CSc1ccccc1. The summed E-state index contributed by atoms with van der Waals surface area (Å²) in [6.45, 7) is 2.58. The summed E-state index contributed by atoms with van der Waals surface area (Å²) < 4.78 is 5.34. The number of hydrogen-bond donors (Lipinski definition) is 2. The largest absolute Gasteiger partial charge is 0.459 e. The van der Waals surface area contributed by atoms with Crippen molar-refractivity contribution in [3.05, 3.63) is 54.0 Å². The van der Waals surface area contributed by atoms with Crippen molar-refractivity contribution in [2.24, 2.45) is 0 Å². The maximum Gasteiger partial charge on any atom is 0.287 e. The summed E-state index contributed by atoms with van der Waals surface area (Å²) in [6, 6.07) is 12.2. The summed E-state index contributed by atoms with van der Waals surface area (Å²) >= 11 is 1.69. The first-order valence-electron chi connectivity index (χ1n) is 6.90. The predicted octanol–water partition coefficient (Wildman–Crippen LogP) is 2.91. The first-order valence-corrected chi connectivity index (χ1v) is 7.89. The van der Waals surface area contributed by atoms with Crippen molar-refractivity contribution in [1.82, 2.24) is 10.6 Å². The Morgan fingerprint density at radius 2 is 2.05 bits per heavy atom. The van der Waals surface area contributed by atoms with Crippen LogP contribution in [0.15, 0.2) is 52.0 Å². The van der Waals surface area contributed by atoms with E-state index in [-0.39, 0.29) is 11.9 Å². The molecule has 1 amide bonds. The Hall–Kier alpha value is -1.72. The fourth-order valence-corrected chi connectivity index (χ4v) is 2.65. The smallest absolute Gasteiger partial charge is 0.287 e. The highest BCUT2D eigenvalue weighted by atomic mass is 32.2. The van der Waals surface area contributed by atoms with E-state index < -0.39 is 0 Å². The van der Waals surface area contributed by atoms with Gasteiger partial charge in [0.05, 0.1) is 6.26 Å². The fourth-order valence-electron chi connectivity index (χ4n) is 1.75. The average molecular weight is 304 g/mol. The molecule has 0 saturated heterocycles. The monoisotopic (exact) mass is 304 g/mol. The molecule has 0 spiro atoms. The maximum absolute atomic E-state index is 12.1. The third-order valence-corrected chi connectivity index (χ3v) is 4.21. The van der Waals surface area contributed by atoms with Crippen LogP contribution in [-0.4, -0.2) is 25.5 Å². The molecule has 0 bridgehead atoms. The number of rotatable bonds is 7. The van der Waals surface area contributed by atoms with Crippen LogP contribution < -0.4 is 10.6 Å². The van der Waals surface area contributed by atoms with Crippen molar-refractivity contribution < 1.29 is 9.21 Å². The van der Waals surface area contributed by atoms with E-state index in [4.69, 9.17) is 4.42 Å². The molecule has 112 valence electrons. The summed E-state index contributed by atoms with van der Waals surface area (Å²) in [4.78, 5) is 13.3. The molecule has 1 aromatic carbocycles. The van der Waals surface area contributed by atoms with Crippen molar-refractivity contribution >= 4 is 17.7 Å². The maximum atomic E-state index is 12.1. The molecule has 0 radical (unpaired) electrons. The molecule has 0 aliphatic rings. The van der Waals surface area contributed by atoms with Gasteiger partial charge >= 0.3 is 0 Å². The van der Waals surface area contributed by atoms with Gasteiger partial charge in [0.25, 0.3) is 5.91 Å².